The lowest BCUT2D eigenvalue weighted by Crippen LogP contribution is -2.44. The fraction of sp³-hybridized carbons (Fsp3) is 0.531. The first-order valence-electron chi connectivity index (χ1n) is 45.8. The molecule has 16 N–H and O–H groups in total. The number of halogens is 3. The summed E-state index contributed by atoms with van der Waals surface area (Å²) in [6, 6.07) is 25.5. The summed E-state index contributed by atoms with van der Waals surface area (Å²) in [6.07, 6.45) is 24.6. The van der Waals surface area contributed by atoms with E-state index in [1.807, 2.05) is 78.9 Å². The molecule has 8 fully saturated rings. The first-order chi connectivity index (χ1) is 62.3. The molecule has 4 aromatic rings. The second-order valence-corrected chi connectivity index (χ2v) is 38.1. The number of hydrogen-bond donors (Lipinski definition) is 12. The molecule has 7 aliphatic carbocycles. The molecule has 4 aromatic carbocycles. The van der Waals surface area contributed by atoms with Gasteiger partial charge < -0.3 is 70.0 Å². The molecule has 4 saturated carbocycles. The molecule has 4 heterocycles. The lowest BCUT2D eigenvalue weighted by Gasteiger charge is -2.26. The molecular weight excluding hydrogens is 1720 g/mol. The van der Waals surface area contributed by atoms with Gasteiger partial charge in [-0.3, -0.25) is 62.3 Å². The first-order valence-corrected chi connectivity index (χ1v) is 47.0. The van der Waals surface area contributed by atoms with Gasteiger partial charge in [0.15, 0.2) is 17.3 Å². The second-order valence-electron chi connectivity index (χ2n) is 36.8. The minimum Gasteiger partial charge on any atom is -0.478 e. The summed E-state index contributed by atoms with van der Waals surface area (Å²) in [7, 11) is 0. The zero-order chi connectivity index (χ0) is 93.2. The number of benzene rings is 4. The van der Waals surface area contributed by atoms with Gasteiger partial charge in [0.05, 0.1) is 36.2 Å². The number of primary amides is 3. The van der Waals surface area contributed by atoms with Crippen molar-refractivity contribution in [1.82, 2.24) is 37.2 Å². The monoisotopic (exact) mass is 1840 g/mol. The van der Waals surface area contributed by atoms with Crippen LogP contribution in [-0.2, 0) is 97.7 Å². The maximum absolute atomic E-state index is 13.2. The number of Topliss-reactive ketones (excluding diaryl/α,β-unsaturated/α-hetero) is 4. The molecule has 130 heavy (non-hydrogen) atoms. The zero-order valence-corrected chi connectivity index (χ0v) is 75.6. The van der Waals surface area contributed by atoms with Crippen LogP contribution in [0.25, 0.3) is 18.2 Å². The average Bonchev–Trinajstić information content (AvgIpc) is 1.68. The number of nitrogens with two attached hydrogens (primary N) is 4. The molecule has 15 rings (SSSR count). The van der Waals surface area contributed by atoms with Crippen molar-refractivity contribution >= 4 is 141 Å². The minimum absolute atomic E-state index is 0.0281. The van der Waals surface area contributed by atoms with Crippen LogP contribution in [0.5, 0.6) is 0 Å². The third-order valence-electron chi connectivity index (χ3n) is 26.1. The van der Waals surface area contributed by atoms with Crippen molar-refractivity contribution in [2.24, 2.45) is 93.9 Å². The number of carboxylic acid groups (broad SMARTS) is 1. The van der Waals surface area contributed by atoms with Crippen molar-refractivity contribution in [1.29, 1.82) is 5.26 Å². The van der Waals surface area contributed by atoms with Gasteiger partial charge in [-0.2, -0.15) is 5.26 Å². The van der Waals surface area contributed by atoms with E-state index in [4.69, 9.17) is 67.6 Å². The van der Waals surface area contributed by atoms with Gasteiger partial charge in [0.1, 0.15) is 12.4 Å². The highest BCUT2D eigenvalue weighted by Gasteiger charge is 2.41. The Bertz CT molecular complexity index is 5000. The Kier molecular flexibility index (Phi) is 37.0. The van der Waals surface area contributed by atoms with Crippen LogP contribution in [0.15, 0.2) is 102 Å². The number of ether oxygens (including phenoxy) is 1. The summed E-state index contributed by atoms with van der Waals surface area (Å²) in [4.78, 5) is 184. The molecular formula is C98H121Cl3N12O17. The number of carboxylic acids is 1. The molecule has 4 saturated heterocycles. The number of amides is 10. The van der Waals surface area contributed by atoms with Crippen LogP contribution in [0, 0.1) is 82.3 Å². The van der Waals surface area contributed by atoms with Crippen LogP contribution in [0.3, 0.4) is 0 Å². The molecule has 12 atom stereocenters. The van der Waals surface area contributed by atoms with Gasteiger partial charge in [0.25, 0.3) is 0 Å². The smallest absolute Gasteiger partial charge is 0.408 e. The van der Waals surface area contributed by atoms with Crippen LogP contribution in [0.2, 0.25) is 15.1 Å². The van der Waals surface area contributed by atoms with Gasteiger partial charge in [-0.25, -0.2) is 9.59 Å². The summed E-state index contributed by atoms with van der Waals surface area (Å²) in [5.74, 6) is -5.79. The SMILES string of the molecule is N#C[C@@H](CC(=O)[C@H](CC1CC1)NC(=O)C1=Cc2ccc(Cl)cc2C1)C[C@@H]1CCCNC1=O.NC(=O)[C@@H](CC(=O)[C@@H](N)CC1CC1)C[C@@H]1CCCNC1=O.NC(=O)[C@@H](CC(=O)[C@H](CC1CC1)NC(=O)C1=Cc2ccc(Cl)cc2C1)C[C@@H]1CCCNC1=O.NC(=O)[C@@H](CC(=O)[C@H](CC1CC1)NC(=O)OCc1ccccc1)C[C@@H]1CCCNC1=O.O=C(O)C1=Cc2ccc(Cl)cc2C1. The van der Waals surface area contributed by atoms with Crippen LogP contribution in [-0.4, -0.2) is 144 Å². The standard InChI is InChI=1S/C25H30ClN3O4.C25H28ClN3O3.C23H31N3O5.C15H25N3O3.C10H7ClO2/c26-20-6-5-15-9-19(11-17(15)12-20)25(33)29-21(8-14-3-4-14)22(30)13-18(23(27)31)10-16-2-1-7-28-24(16)32;26-21-6-5-17-11-20(12-19(17)13-21)25(32)29-22(9-15-3-4-15)23(30)10-16(14-27)8-18-2-1-7-28-24(18)31;24-21(28)18(12-17-7-4-10-25-22(17)29)13-20(27)19(11-15-8-9-15)26-23(30)31-14-16-5-2-1-3-6-16;16-12(6-9-3-4-9)13(19)8-11(14(17)20)7-10-2-1-5-18-15(10)21;11-9-2-1-6-3-8(10(12)13)4-7(6)5-9/h5-6,9,12,14,16,18,21H,1-4,7-8,10-11,13H2,(H2,27,31)(H,28,32)(H,29,33);5-6,11,13,15-16,18,22H,1-4,7-10,12H2,(H,28,31)(H,29,32);1-3,5-6,15,17-19H,4,7-14H2,(H2,24,28)(H,25,29)(H,26,30);9-12H,1-8,16H2,(H2,17,20)(H,18,21);1-3,5H,4H2,(H,12,13)/t16-,18+,21-;16-,18+,22+;17-,18+,19-;10-,11+,12-;/m0100./s1. The van der Waals surface area contributed by atoms with Crippen molar-refractivity contribution in [3.63, 3.8) is 0 Å². The van der Waals surface area contributed by atoms with E-state index >= 15 is 0 Å². The number of nitriles is 1. The topological polar surface area (TPSA) is 498 Å². The predicted molar refractivity (Wildman–Crippen MR) is 489 cm³/mol. The van der Waals surface area contributed by atoms with Crippen LogP contribution >= 0.6 is 34.8 Å². The minimum atomic E-state index is -0.854. The number of nitrogens with zero attached hydrogens (tertiary/aromatic N) is 1. The van der Waals surface area contributed by atoms with Gasteiger partial charge in [-0.15, -0.1) is 0 Å². The number of alkyl carbamates (subject to hydrolysis) is 1. The normalized spacial score (nSPS) is 21.0. The molecule has 0 radical (unpaired) electrons. The van der Waals surface area contributed by atoms with E-state index in [1.54, 1.807) is 24.3 Å². The highest BCUT2D eigenvalue weighted by atomic mass is 35.5. The van der Waals surface area contributed by atoms with Gasteiger partial charge in [0, 0.05) is 144 Å². The maximum atomic E-state index is 13.2. The Hall–Kier alpha value is -10.9. The fourth-order valence-corrected chi connectivity index (χ4v) is 18.3. The van der Waals surface area contributed by atoms with Gasteiger partial charge >= 0.3 is 12.1 Å². The van der Waals surface area contributed by atoms with Crippen molar-refractivity contribution in [3.05, 3.63) is 156 Å². The summed E-state index contributed by atoms with van der Waals surface area (Å²) in [5.41, 5.74) is 30.8. The van der Waals surface area contributed by atoms with E-state index in [0.717, 1.165) is 129 Å². The third-order valence-corrected chi connectivity index (χ3v) is 26.8. The predicted octanol–water partition coefficient (Wildman–Crippen LogP) is 10.6. The van der Waals surface area contributed by atoms with E-state index < -0.39 is 77.6 Å². The Morgan fingerprint density at radius 3 is 1.10 bits per heavy atom. The molecule has 0 aromatic heterocycles. The Morgan fingerprint density at radius 1 is 0.423 bits per heavy atom. The van der Waals surface area contributed by atoms with Crippen LogP contribution in [0.4, 0.5) is 4.79 Å². The second kappa shape index (κ2) is 48.3. The van der Waals surface area contributed by atoms with Crippen molar-refractivity contribution in [2.45, 2.75) is 230 Å². The molecule has 0 bridgehead atoms. The Morgan fingerprint density at radius 2 is 0.754 bits per heavy atom. The third kappa shape index (κ3) is 31.7. The lowest BCUT2D eigenvalue weighted by atomic mass is 9.84. The maximum Gasteiger partial charge on any atom is 0.408 e. The summed E-state index contributed by atoms with van der Waals surface area (Å²) < 4.78 is 5.25. The molecule has 11 aliphatic rings. The van der Waals surface area contributed by atoms with Crippen molar-refractivity contribution in [3.8, 4) is 6.07 Å². The number of carbonyl (C=O) groups is 15. The highest BCUT2D eigenvalue weighted by Crippen LogP contribution is 2.40. The van der Waals surface area contributed by atoms with Crippen molar-refractivity contribution < 1.29 is 81.8 Å². The number of rotatable bonds is 39. The molecule has 4 aliphatic heterocycles. The molecule has 29 nitrogen and oxygen atoms in total. The number of hydrogen-bond acceptors (Lipinski definition) is 18. The Labute approximate surface area is 772 Å². The van der Waals surface area contributed by atoms with E-state index in [9.17, 15) is 77.2 Å². The largest absolute Gasteiger partial charge is 0.478 e. The summed E-state index contributed by atoms with van der Waals surface area (Å²) in [5, 5.41) is 40.0. The van der Waals surface area contributed by atoms with Crippen LogP contribution in [0.1, 0.15) is 219 Å². The number of fused-ring (bicyclic) bond motifs is 3. The first kappa shape index (κ1) is 99.6. The average molecular weight is 1850 g/mol. The number of ketones is 4. The van der Waals surface area contributed by atoms with E-state index in [-0.39, 0.29) is 127 Å². The number of piperidine rings is 4. The van der Waals surface area contributed by atoms with E-state index in [2.05, 4.69) is 43.3 Å². The van der Waals surface area contributed by atoms with Crippen molar-refractivity contribution in [2.75, 3.05) is 26.2 Å². The summed E-state index contributed by atoms with van der Waals surface area (Å²) in [6.45, 7) is 2.73. The molecule has 0 unspecified atom stereocenters. The van der Waals surface area contributed by atoms with Gasteiger partial charge in [-0.05, 0) is 220 Å². The fourth-order valence-electron chi connectivity index (χ4n) is 17.7. The van der Waals surface area contributed by atoms with E-state index in [0.29, 0.717) is 152 Å². The highest BCUT2D eigenvalue weighted by molar-refractivity contribution is 6.31. The number of nitrogens with one attached hydrogen (secondary N) is 7. The molecule has 696 valence electrons. The number of carbonyl (C=O) groups excluding carboxylic acids is 14. The van der Waals surface area contributed by atoms with Gasteiger partial charge in [0.2, 0.25) is 53.2 Å². The number of aliphatic carboxylic acids is 1. The van der Waals surface area contributed by atoms with Crippen LogP contribution < -0.4 is 60.2 Å². The molecule has 32 heteroatoms. The zero-order valence-electron chi connectivity index (χ0n) is 73.4. The quantitative estimate of drug-likeness (QED) is 0.0197. The molecule has 0 spiro atoms. The van der Waals surface area contributed by atoms with E-state index in [1.165, 1.54) is 0 Å². The van der Waals surface area contributed by atoms with Gasteiger partial charge in [-0.1, -0.05) is 135 Å². The molecule has 10 amide bonds. The Balaban J connectivity index is 0.000000161. The summed E-state index contributed by atoms with van der Waals surface area (Å²) >= 11 is 17.9. The lowest BCUT2D eigenvalue weighted by molar-refractivity contribution is -0.133.